The van der Waals surface area contributed by atoms with Gasteiger partial charge in [0.1, 0.15) is 24.2 Å². The van der Waals surface area contributed by atoms with Crippen LogP contribution >= 0.6 is 0 Å². The lowest BCUT2D eigenvalue weighted by molar-refractivity contribution is -0.144. The Balaban J connectivity index is 3.48. The Bertz CT molecular complexity index is 1050. The van der Waals surface area contributed by atoms with Crippen LogP contribution in [0.1, 0.15) is 63.3 Å². The van der Waals surface area contributed by atoms with Crippen LogP contribution in [0.3, 0.4) is 0 Å². The van der Waals surface area contributed by atoms with E-state index in [1.54, 1.807) is 59.7 Å². The third kappa shape index (κ3) is 10.1. The second kappa shape index (κ2) is 14.6. The first-order valence-electron chi connectivity index (χ1n) is 12.2. The van der Waals surface area contributed by atoms with Crippen molar-refractivity contribution in [2.45, 2.75) is 72.1 Å². The smallest absolute Gasteiger partial charge is 0.408 e. The number of esters is 1. The van der Waals surface area contributed by atoms with E-state index in [1.807, 2.05) is 6.07 Å². The third-order valence-corrected chi connectivity index (χ3v) is 5.23. The number of aryl methyl sites for hydroxylation is 2. The van der Waals surface area contributed by atoms with Gasteiger partial charge in [0.25, 0.3) is 0 Å². The van der Waals surface area contributed by atoms with Gasteiger partial charge in [0.15, 0.2) is 0 Å². The molecule has 0 spiro atoms. The molecule has 4 amide bonds. The van der Waals surface area contributed by atoms with Crippen molar-refractivity contribution in [3.8, 4) is 6.07 Å². The first-order valence-corrected chi connectivity index (χ1v) is 12.2. The van der Waals surface area contributed by atoms with Crippen molar-refractivity contribution in [2.75, 3.05) is 19.7 Å². The van der Waals surface area contributed by atoms with Gasteiger partial charge in [-0.1, -0.05) is 18.2 Å². The van der Waals surface area contributed by atoms with Crippen molar-refractivity contribution < 1.29 is 33.4 Å². The zero-order valence-electron chi connectivity index (χ0n) is 22.8. The van der Waals surface area contributed by atoms with Crippen LogP contribution in [0, 0.1) is 25.2 Å². The molecule has 0 aromatic heterocycles. The van der Waals surface area contributed by atoms with Gasteiger partial charge in [-0.3, -0.25) is 19.2 Å². The largest absolute Gasteiger partial charge is 0.466 e. The van der Waals surface area contributed by atoms with Gasteiger partial charge in [0, 0.05) is 6.54 Å². The molecule has 2 atom stereocenters. The molecule has 38 heavy (non-hydrogen) atoms. The molecular formula is C26H37N5O7. The lowest BCUT2D eigenvalue weighted by atomic mass is 9.93. The monoisotopic (exact) mass is 531 g/mol. The van der Waals surface area contributed by atoms with Gasteiger partial charge in [-0.15, -0.1) is 0 Å². The van der Waals surface area contributed by atoms with Gasteiger partial charge >= 0.3 is 12.1 Å². The molecule has 0 radical (unpaired) electrons. The predicted molar refractivity (Wildman–Crippen MR) is 137 cm³/mol. The highest BCUT2D eigenvalue weighted by Crippen LogP contribution is 2.28. The Morgan fingerprint density at radius 1 is 1.13 bits per heavy atom. The summed E-state index contributed by atoms with van der Waals surface area (Å²) in [6.07, 6.45) is -1.67. The summed E-state index contributed by atoms with van der Waals surface area (Å²) in [5.41, 5.74) is 6.23. The van der Waals surface area contributed by atoms with Crippen LogP contribution in [-0.2, 0) is 28.7 Å². The van der Waals surface area contributed by atoms with Gasteiger partial charge in [-0.25, -0.2) is 4.79 Å². The number of primary amides is 1. The minimum atomic E-state index is -1.50. The number of hydrogen-bond acceptors (Lipinski definition) is 8. The maximum absolute atomic E-state index is 13.7. The van der Waals surface area contributed by atoms with E-state index in [4.69, 9.17) is 15.2 Å². The number of nitrogens with zero attached hydrogens (tertiary/aromatic N) is 2. The predicted octanol–water partition coefficient (Wildman–Crippen LogP) is 1.53. The van der Waals surface area contributed by atoms with Crippen LogP contribution in [0.25, 0.3) is 0 Å². The second-order valence-electron chi connectivity index (χ2n) is 9.55. The summed E-state index contributed by atoms with van der Waals surface area (Å²) in [5, 5.41) is 14.5. The zero-order chi connectivity index (χ0) is 29.0. The average Bonchev–Trinajstić information content (AvgIpc) is 2.78. The number of alkyl carbamates (subject to hydrolysis) is 1. The molecule has 12 heteroatoms. The topological polar surface area (TPSA) is 181 Å². The molecule has 0 aliphatic heterocycles. The molecular weight excluding hydrogens is 494 g/mol. The molecule has 0 saturated carbocycles. The minimum absolute atomic E-state index is 0.0748. The number of carbonyl (C=O) groups is 5. The Morgan fingerprint density at radius 2 is 1.74 bits per heavy atom. The molecule has 208 valence electrons. The first kappa shape index (κ1) is 31.9. The molecule has 0 bridgehead atoms. The molecule has 0 aliphatic carbocycles. The van der Waals surface area contributed by atoms with Crippen molar-refractivity contribution in [1.82, 2.24) is 15.5 Å². The highest BCUT2D eigenvalue weighted by Gasteiger charge is 2.38. The fourth-order valence-corrected chi connectivity index (χ4v) is 3.73. The SMILES string of the molecule is CCOC(=O)CCNC(=O)C(c1c(C)cccc1C)N(CC#N)C(=O)C(CC(N)=O)NC(=O)OC(C)(C)C. The summed E-state index contributed by atoms with van der Waals surface area (Å²) in [5.74, 6) is -2.95. The van der Waals surface area contributed by atoms with E-state index in [0.717, 1.165) is 4.90 Å². The van der Waals surface area contributed by atoms with Gasteiger partial charge in [-0.2, -0.15) is 5.26 Å². The number of carbonyl (C=O) groups excluding carboxylic acids is 5. The summed E-state index contributed by atoms with van der Waals surface area (Å²) < 4.78 is 10.1. The van der Waals surface area contributed by atoms with E-state index in [-0.39, 0.29) is 19.6 Å². The summed E-state index contributed by atoms with van der Waals surface area (Å²) in [7, 11) is 0. The fraction of sp³-hybridized carbons (Fsp3) is 0.538. The Labute approximate surface area is 222 Å². The maximum Gasteiger partial charge on any atom is 0.408 e. The average molecular weight is 532 g/mol. The number of nitriles is 1. The number of hydrogen-bond donors (Lipinski definition) is 3. The minimum Gasteiger partial charge on any atom is -0.466 e. The number of ether oxygens (including phenoxy) is 2. The third-order valence-electron chi connectivity index (χ3n) is 5.23. The number of nitrogens with one attached hydrogen (secondary N) is 2. The Morgan fingerprint density at radius 3 is 2.24 bits per heavy atom. The number of amides is 4. The molecule has 0 aliphatic rings. The van der Waals surface area contributed by atoms with Gasteiger partial charge in [-0.05, 0) is 58.2 Å². The molecule has 12 nitrogen and oxygen atoms in total. The van der Waals surface area contributed by atoms with Crippen molar-refractivity contribution in [1.29, 1.82) is 5.26 Å². The van der Waals surface area contributed by atoms with Crippen LogP contribution in [0.2, 0.25) is 0 Å². The highest BCUT2D eigenvalue weighted by molar-refractivity contribution is 5.95. The van der Waals surface area contributed by atoms with Crippen LogP contribution < -0.4 is 16.4 Å². The summed E-state index contributed by atoms with van der Waals surface area (Å²) in [6.45, 7) is 9.58. The second-order valence-corrected chi connectivity index (χ2v) is 9.55. The van der Waals surface area contributed by atoms with Crippen molar-refractivity contribution in [3.05, 3.63) is 34.9 Å². The normalized spacial score (nSPS) is 12.3. The number of benzene rings is 1. The number of nitrogens with two attached hydrogens (primary N) is 1. The Hall–Kier alpha value is -4.14. The zero-order valence-corrected chi connectivity index (χ0v) is 22.8. The molecule has 0 heterocycles. The van der Waals surface area contributed by atoms with E-state index >= 15 is 0 Å². The summed E-state index contributed by atoms with van der Waals surface area (Å²) >= 11 is 0. The van der Waals surface area contributed by atoms with E-state index in [2.05, 4.69) is 10.6 Å². The van der Waals surface area contributed by atoms with Gasteiger partial charge < -0.3 is 30.7 Å². The number of rotatable bonds is 12. The fourth-order valence-electron chi connectivity index (χ4n) is 3.73. The molecule has 2 unspecified atom stereocenters. The van der Waals surface area contributed by atoms with Crippen molar-refractivity contribution in [3.63, 3.8) is 0 Å². The molecule has 0 fully saturated rings. The molecule has 4 N–H and O–H groups in total. The molecule has 1 aromatic carbocycles. The maximum atomic E-state index is 13.7. The Kier molecular flexibility index (Phi) is 12.2. The van der Waals surface area contributed by atoms with E-state index < -0.39 is 60.4 Å². The van der Waals surface area contributed by atoms with E-state index in [1.165, 1.54) is 0 Å². The van der Waals surface area contributed by atoms with Crippen LogP contribution in [0.4, 0.5) is 4.79 Å². The highest BCUT2D eigenvalue weighted by atomic mass is 16.6. The van der Waals surface area contributed by atoms with E-state index in [0.29, 0.717) is 16.7 Å². The molecule has 0 saturated heterocycles. The van der Waals surface area contributed by atoms with Gasteiger partial charge in [0.05, 0.1) is 25.5 Å². The van der Waals surface area contributed by atoms with Gasteiger partial charge in [0.2, 0.25) is 17.7 Å². The van der Waals surface area contributed by atoms with Crippen molar-refractivity contribution >= 4 is 29.8 Å². The van der Waals surface area contributed by atoms with E-state index in [9.17, 15) is 29.2 Å². The van der Waals surface area contributed by atoms with Crippen LogP contribution in [-0.4, -0.2) is 66.0 Å². The summed E-state index contributed by atoms with van der Waals surface area (Å²) in [4.78, 5) is 64.1. The summed E-state index contributed by atoms with van der Waals surface area (Å²) in [6, 6.07) is 4.32. The standard InChI is InChI=1S/C26H37N5O7/c1-7-37-20(33)11-13-29-23(34)22(21-16(2)9-8-10-17(21)3)31(14-12-27)24(35)18(15-19(28)32)30-25(36)38-26(4,5)6/h8-10,18,22H,7,11,13-15H2,1-6H3,(H2,28,32)(H,29,34)(H,30,36). The molecule has 1 rings (SSSR count). The molecule has 1 aromatic rings. The van der Waals surface area contributed by atoms with Crippen LogP contribution in [0.15, 0.2) is 18.2 Å². The quantitative estimate of drug-likeness (QED) is 0.268. The lowest BCUT2D eigenvalue weighted by Crippen LogP contribution is -2.54. The van der Waals surface area contributed by atoms with Crippen molar-refractivity contribution in [2.24, 2.45) is 5.73 Å². The van der Waals surface area contributed by atoms with Crippen LogP contribution in [0.5, 0.6) is 0 Å². The lowest BCUT2D eigenvalue weighted by Gasteiger charge is -2.34. The first-order chi connectivity index (χ1) is 17.7.